The number of hydrogen-bond donors (Lipinski definition) is 1. The van der Waals surface area contributed by atoms with Crippen LogP contribution in [-0.2, 0) is 15.6 Å². The number of carbonyl (C=O) groups excluding carboxylic acids is 1. The summed E-state index contributed by atoms with van der Waals surface area (Å²) in [6.07, 6.45) is 0.547. The van der Waals surface area contributed by atoms with Gasteiger partial charge < -0.3 is 5.11 Å². The molecule has 3 heteroatoms. The molecule has 0 fully saturated rings. The standard InChI is InChI=1S/C20H28O3/c1-7-13(18(22)23)11-17(21)14-8-9-15-16(10-14)20(5,6)12(2)19(15,3)4/h8-10,12-13H,7,11H2,1-6H3,(H,22,23). The molecule has 0 amide bonds. The van der Waals surface area contributed by atoms with Crippen molar-refractivity contribution in [3.8, 4) is 0 Å². The highest BCUT2D eigenvalue weighted by molar-refractivity contribution is 5.98. The molecule has 0 saturated carbocycles. The second kappa shape index (κ2) is 5.77. The van der Waals surface area contributed by atoms with Crippen molar-refractivity contribution in [2.24, 2.45) is 11.8 Å². The van der Waals surface area contributed by atoms with Crippen LogP contribution in [0.15, 0.2) is 18.2 Å². The number of aliphatic carboxylic acids is 1. The SMILES string of the molecule is CCC(CC(=O)c1ccc2c(c1)C(C)(C)C(C)C2(C)C)C(=O)O. The van der Waals surface area contributed by atoms with Gasteiger partial charge in [-0.3, -0.25) is 9.59 Å². The molecule has 1 aliphatic rings. The van der Waals surface area contributed by atoms with E-state index >= 15 is 0 Å². The molecule has 0 heterocycles. The van der Waals surface area contributed by atoms with Gasteiger partial charge in [0.1, 0.15) is 0 Å². The number of fused-ring (bicyclic) bond motifs is 1. The second-order valence-electron chi connectivity index (χ2n) is 8.00. The van der Waals surface area contributed by atoms with E-state index in [4.69, 9.17) is 5.11 Å². The van der Waals surface area contributed by atoms with Gasteiger partial charge in [-0.1, -0.05) is 53.7 Å². The first-order valence-electron chi connectivity index (χ1n) is 8.44. The Morgan fingerprint density at radius 3 is 2.22 bits per heavy atom. The van der Waals surface area contributed by atoms with Gasteiger partial charge in [0.15, 0.2) is 5.78 Å². The fourth-order valence-electron chi connectivity index (χ4n) is 3.93. The predicted molar refractivity (Wildman–Crippen MR) is 92.0 cm³/mol. The molecule has 1 N–H and O–H groups in total. The summed E-state index contributed by atoms with van der Waals surface area (Å²) < 4.78 is 0. The zero-order chi connectivity index (χ0) is 17.6. The van der Waals surface area contributed by atoms with E-state index in [9.17, 15) is 9.59 Å². The smallest absolute Gasteiger partial charge is 0.306 e. The predicted octanol–water partition coefficient (Wildman–Crippen LogP) is 4.58. The van der Waals surface area contributed by atoms with Crippen LogP contribution < -0.4 is 0 Å². The van der Waals surface area contributed by atoms with E-state index in [1.165, 1.54) is 11.1 Å². The van der Waals surface area contributed by atoms with Crippen LogP contribution in [-0.4, -0.2) is 16.9 Å². The summed E-state index contributed by atoms with van der Waals surface area (Å²) in [5, 5.41) is 9.16. The number of hydrogen-bond acceptors (Lipinski definition) is 2. The largest absolute Gasteiger partial charge is 0.481 e. The normalized spacial score (nSPS) is 22.4. The van der Waals surface area contributed by atoms with Gasteiger partial charge >= 0.3 is 5.97 Å². The van der Waals surface area contributed by atoms with Gasteiger partial charge in [-0.05, 0) is 40.4 Å². The van der Waals surface area contributed by atoms with E-state index in [0.717, 1.165) is 0 Å². The number of rotatable bonds is 5. The van der Waals surface area contributed by atoms with Gasteiger partial charge in [0.05, 0.1) is 5.92 Å². The molecule has 0 aromatic heterocycles. The maximum Gasteiger partial charge on any atom is 0.306 e. The number of carboxylic acid groups (broad SMARTS) is 1. The van der Waals surface area contributed by atoms with Crippen molar-refractivity contribution < 1.29 is 14.7 Å². The first kappa shape index (κ1) is 17.7. The zero-order valence-electron chi connectivity index (χ0n) is 15.1. The third kappa shape index (κ3) is 2.82. The highest BCUT2D eigenvalue weighted by Gasteiger charge is 2.48. The van der Waals surface area contributed by atoms with Crippen molar-refractivity contribution >= 4 is 11.8 Å². The highest BCUT2D eigenvalue weighted by atomic mass is 16.4. The molecule has 3 nitrogen and oxygen atoms in total. The Morgan fingerprint density at radius 2 is 1.70 bits per heavy atom. The van der Waals surface area contributed by atoms with Crippen molar-refractivity contribution in [3.63, 3.8) is 0 Å². The summed E-state index contributed by atoms with van der Waals surface area (Å²) >= 11 is 0. The summed E-state index contributed by atoms with van der Waals surface area (Å²) in [6, 6.07) is 5.93. The molecule has 2 rings (SSSR count). The van der Waals surface area contributed by atoms with Crippen LogP contribution in [0.25, 0.3) is 0 Å². The fraction of sp³-hybridized carbons (Fsp3) is 0.600. The van der Waals surface area contributed by atoms with Crippen molar-refractivity contribution in [1.29, 1.82) is 0 Å². The molecule has 23 heavy (non-hydrogen) atoms. The van der Waals surface area contributed by atoms with E-state index in [0.29, 0.717) is 17.9 Å². The third-order valence-corrected chi connectivity index (χ3v) is 6.17. The van der Waals surface area contributed by atoms with Gasteiger partial charge in [-0.25, -0.2) is 0 Å². The Morgan fingerprint density at radius 1 is 1.13 bits per heavy atom. The summed E-state index contributed by atoms with van der Waals surface area (Å²) in [5.41, 5.74) is 3.25. The van der Waals surface area contributed by atoms with Crippen LogP contribution in [0.1, 0.15) is 75.9 Å². The molecular formula is C20H28O3. The highest BCUT2D eigenvalue weighted by Crippen LogP contribution is 2.53. The average Bonchev–Trinajstić information content (AvgIpc) is 2.62. The molecule has 0 spiro atoms. The lowest BCUT2D eigenvalue weighted by Crippen LogP contribution is -2.30. The van der Waals surface area contributed by atoms with Gasteiger partial charge in [-0.2, -0.15) is 0 Å². The Labute approximate surface area is 139 Å². The van der Waals surface area contributed by atoms with Crippen LogP contribution >= 0.6 is 0 Å². The first-order chi connectivity index (χ1) is 10.5. The van der Waals surface area contributed by atoms with E-state index in [1.54, 1.807) is 0 Å². The Hall–Kier alpha value is -1.64. The fourth-order valence-corrected chi connectivity index (χ4v) is 3.93. The average molecular weight is 316 g/mol. The van der Waals surface area contributed by atoms with Crippen LogP contribution in [0.2, 0.25) is 0 Å². The minimum atomic E-state index is -0.892. The molecule has 1 aromatic rings. The quantitative estimate of drug-likeness (QED) is 0.809. The second-order valence-corrected chi connectivity index (χ2v) is 8.00. The summed E-state index contributed by atoms with van der Waals surface area (Å²) in [6.45, 7) is 13.0. The number of carboxylic acids is 1. The van der Waals surface area contributed by atoms with Gasteiger partial charge in [0.2, 0.25) is 0 Å². The minimum Gasteiger partial charge on any atom is -0.481 e. The lowest BCUT2D eigenvalue weighted by Gasteiger charge is -2.32. The van der Waals surface area contributed by atoms with E-state index < -0.39 is 11.9 Å². The Balaban J connectivity index is 2.38. The lowest BCUT2D eigenvalue weighted by atomic mass is 9.71. The molecule has 1 aromatic carbocycles. The summed E-state index contributed by atoms with van der Waals surface area (Å²) in [5.74, 6) is -1.09. The van der Waals surface area contributed by atoms with E-state index in [2.05, 4.69) is 40.7 Å². The molecule has 0 bridgehead atoms. The Bertz CT molecular complexity index is 640. The molecule has 2 atom stereocenters. The molecular weight excluding hydrogens is 288 g/mol. The maximum absolute atomic E-state index is 12.5. The number of ketones is 1. The monoisotopic (exact) mass is 316 g/mol. The molecule has 0 aliphatic heterocycles. The van der Waals surface area contributed by atoms with Crippen LogP contribution in [0.5, 0.6) is 0 Å². The minimum absolute atomic E-state index is 0.00603. The zero-order valence-corrected chi connectivity index (χ0v) is 15.1. The van der Waals surface area contributed by atoms with E-state index in [-0.39, 0.29) is 23.0 Å². The van der Waals surface area contributed by atoms with Crippen LogP contribution in [0, 0.1) is 11.8 Å². The number of Topliss-reactive ketones (excluding diaryl/α,β-unsaturated/α-hetero) is 1. The third-order valence-electron chi connectivity index (χ3n) is 6.17. The lowest BCUT2D eigenvalue weighted by molar-refractivity contribution is -0.141. The topological polar surface area (TPSA) is 54.4 Å². The summed E-state index contributed by atoms with van der Waals surface area (Å²) in [4.78, 5) is 23.7. The first-order valence-corrected chi connectivity index (χ1v) is 8.44. The van der Waals surface area contributed by atoms with Crippen LogP contribution in [0.3, 0.4) is 0 Å². The molecule has 0 saturated heterocycles. The molecule has 1 aliphatic carbocycles. The van der Waals surface area contributed by atoms with Crippen molar-refractivity contribution in [1.82, 2.24) is 0 Å². The van der Waals surface area contributed by atoms with Crippen molar-refractivity contribution in [2.45, 2.75) is 65.2 Å². The maximum atomic E-state index is 12.5. The molecule has 126 valence electrons. The van der Waals surface area contributed by atoms with Crippen molar-refractivity contribution in [2.75, 3.05) is 0 Å². The number of carbonyl (C=O) groups is 2. The number of benzene rings is 1. The Kier molecular flexibility index (Phi) is 4.44. The van der Waals surface area contributed by atoms with Crippen molar-refractivity contribution in [3.05, 3.63) is 34.9 Å². The van der Waals surface area contributed by atoms with E-state index in [1.807, 2.05) is 19.1 Å². The van der Waals surface area contributed by atoms with Gasteiger partial charge in [0, 0.05) is 12.0 Å². The molecule has 0 radical (unpaired) electrons. The van der Waals surface area contributed by atoms with Gasteiger partial charge in [0.25, 0.3) is 0 Å². The molecule has 2 unspecified atom stereocenters. The van der Waals surface area contributed by atoms with Gasteiger partial charge in [-0.15, -0.1) is 0 Å². The summed E-state index contributed by atoms with van der Waals surface area (Å²) in [7, 11) is 0. The van der Waals surface area contributed by atoms with Crippen LogP contribution in [0.4, 0.5) is 0 Å².